The average Bonchev–Trinajstić information content (AvgIpc) is 3.14. The number of ketones is 1. The van der Waals surface area contributed by atoms with E-state index >= 15 is 0 Å². The van der Waals surface area contributed by atoms with Gasteiger partial charge in [0, 0.05) is 18.4 Å². The summed E-state index contributed by atoms with van der Waals surface area (Å²) in [6.07, 6.45) is 1.44. The van der Waals surface area contributed by atoms with Gasteiger partial charge in [-0.3, -0.25) is 9.59 Å². The first-order valence-corrected chi connectivity index (χ1v) is 8.64. The summed E-state index contributed by atoms with van der Waals surface area (Å²) < 4.78 is 6.77. The molecule has 6 nitrogen and oxygen atoms in total. The second-order valence-electron chi connectivity index (χ2n) is 5.46. The lowest BCUT2D eigenvalue weighted by molar-refractivity contribution is 0.0474. The molecule has 0 radical (unpaired) electrons. The van der Waals surface area contributed by atoms with Gasteiger partial charge in [-0.05, 0) is 37.4 Å². The summed E-state index contributed by atoms with van der Waals surface area (Å²) in [6, 6.07) is 6.78. The topological polar surface area (TPSA) is 78.3 Å². The maximum Gasteiger partial charge on any atom is 0.344 e. The minimum Gasteiger partial charge on any atom is -0.454 e. The Bertz CT molecular complexity index is 1010. The van der Waals surface area contributed by atoms with Gasteiger partial charge in [0.2, 0.25) is 11.2 Å². The van der Waals surface area contributed by atoms with Crippen molar-refractivity contribution in [3.05, 3.63) is 62.2 Å². The Kier molecular flexibility index (Phi) is 4.76. The molecule has 0 fully saturated rings. The average molecular weight is 356 g/mol. The number of rotatable bonds is 5. The zero-order valence-electron chi connectivity index (χ0n) is 13.8. The highest BCUT2D eigenvalue weighted by Gasteiger charge is 2.19. The minimum absolute atomic E-state index is 0.0982. The summed E-state index contributed by atoms with van der Waals surface area (Å²) in [5.41, 5.74) is 0.768. The molecular weight excluding hydrogens is 340 g/mol. The van der Waals surface area contributed by atoms with Crippen molar-refractivity contribution < 1.29 is 14.3 Å². The Balaban J connectivity index is 1.91. The van der Waals surface area contributed by atoms with E-state index in [0.717, 1.165) is 5.69 Å². The molecule has 0 unspecified atom stereocenters. The number of esters is 1. The van der Waals surface area contributed by atoms with Crippen LogP contribution in [0.1, 0.15) is 32.6 Å². The van der Waals surface area contributed by atoms with E-state index in [1.807, 2.05) is 13.8 Å². The Morgan fingerprint density at radius 2 is 2.08 bits per heavy atom. The van der Waals surface area contributed by atoms with Gasteiger partial charge in [0.05, 0.1) is 10.3 Å². The van der Waals surface area contributed by atoms with Crippen LogP contribution >= 0.6 is 11.3 Å². The van der Waals surface area contributed by atoms with Crippen molar-refractivity contribution in [1.82, 2.24) is 9.55 Å². The smallest absolute Gasteiger partial charge is 0.344 e. The normalized spacial score (nSPS) is 10.8. The molecule has 128 valence electrons. The maximum absolute atomic E-state index is 12.6. The van der Waals surface area contributed by atoms with E-state index < -0.39 is 18.0 Å². The molecule has 0 aliphatic heterocycles. The predicted molar refractivity (Wildman–Crippen MR) is 95.3 cm³/mol. The fraction of sp³-hybridized carbons (Fsp3) is 0.222. The third-order valence-corrected chi connectivity index (χ3v) is 4.66. The Hall–Kier alpha value is -2.80. The van der Waals surface area contributed by atoms with Gasteiger partial charge in [0.25, 0.3) is 0 Å². The van der Waals surface area contributed by atoms with Gasteiger partial charge in [0.15, 0.2) is 6.61 Å². The summed E-state index contributed by atoms with van der Waals surface area (Å²) >= 11 is 1.28. The second kappa shape index (κ2) is 6.98. The van der Waals surface area contributed by atoms with Crippen LogP contribution in [-0.4, -0.2) is 27.9 Å². The Labute approximate surface area is 147 Å². The largest absolute Gasteiger partial charge is 0.454 e. The molecule has 0 amide bonds. The highest BCUT2D eigenvalue weighted by Crippen LogP contribution is 2.13. The lowest BCUT2D eigenvalue weighted by Gasteiger charge is -2.11. The van der Waals surface area contributed by atoms with Crippen LogP contribution in [0.15, 0.2) is 40.6 Å². The number of fused-ring (bicyclic) bond motifs is 1. The molecule has 0 spiro atoms. The van der Waals surface area contributed by atoms with Crippen LogP contribution in [0.5, 0.6) is 0 Å². The quantitative estimate of drug-likeness (QED) is 0.519. The zero-order valence-corrected chi connectivity index (χ0v) is 14.6. The van der Waals surface area contributed by atoms with Crippen LogP contribution in [0.25, 0.3) is 11.0 Å². The maximum atomic E-state index is 12.6. The van der Waals surface area contributed by atoms with Crippen molar-refractivity contribution in [1.29, 1.82) is 0 Å². The lowest BCUT2D eigenvalue weighted by Crippen LogP contribution is -2.23. The Morgan fingerprint density at radius 3 is 2.76 bits per heavy atom. The van der Waals surface area contributed by atoms with Crippen molar-refractivity contribution in [2.45, 2.75) is 20.4 Å². The van der Waals surface area contributed by atoms with E-state index in [-0.39, 0.29) is 11.3 Å². The van der Waals surface area contributed by atoms with Crippen LogP contribution in [0, 0.1) is 6.92 Å². The van der Waals surface area contributed by atoms with E-state index in [4.69, 9.17) is 4.74 Å². The molecule has 25 heavy (non-hydrogen) atoms. The van der Waals surface area contributed by atoms with Gasteiger partial charge in [-0.1, -0.05) is 6.07 Å². The van der Waals surface area contributed by atoms with Gasteiger partial charge in [-0.2, -0.15) is 0 Å². The fourth-order valence-electron chi connectivity index (χ4n) is 2.46. The number of hydrogen-bond acceptors (Lipinski definition) is 6. The third kappa shape index (κ3) is 3.36. The molecule has 0 aliphatic carbocycles. The van der Waals surface area contributed by atoms with E-state index in [9.17, 15) is 14.4 Å². The van der Waals surface area contributed by atoms with Crippen molar-refractivity contribution >= 4 is 34.1 Å². The SMILES string of the molecule is CCn1cc(C(=O)OCC(=O)c2cccs2)c(=O)c2ccc(C)nc21. The van der Waals surface area contributed by atoms with E-state index in [1.165, 1.54) is 17.5 Å². The number of carbonyl (C=O) groups is 2. The lowest BCUT2D eigenvalue weighted by atomic mass is 10.2. The van der Waals surface area contributed by atoms with E-state index in [1.54, 1.807) is 34.2 Å². The minimum atomic E-state index is -0.806. The zero-order chi connectivity index (χ0) is 18.0. The first-order valence-electron chi connectivity index (χ1n) is 7.76. The van der Waals surface area contributed by atoms with Gasteiger partial charge in [-0.15, -0.1) is 11.3 Å². The first-order chi connectivity index (χ1) is 12.0. The molecule has 3 aromatic heterocycles. The number of hydrogen-bond donors (Lipinski definition) is 0. The molecule has 0 saturated heterocycles. The highest BCUT2D eigenvalue weighted by atomic mass is 32.1. The number of aryl methyl sites for hydroxylation is 2. The summed E-state index contributed by atoms with van der Waals surface area (Å²) in [5, 5.41) is 2.12. The molecular formula is C18H16N2O4S. The van der Waals surface area contributed by atoms with Crippen LogP contribution in [0.3, 0.4) is 0 Å². The van der Waals surface area contributed by atoms with Crippen LogP contribution in [0.4, 0.5) is 0 Å². The molecule has 0 aliphatic rings. The van der Waals surface area contributed by atoms with Gasteiger partial charge in [-0.25, -0.2) is 9.78 Å². The standard InChI is InChI=1S/C18H16N2O4S/c1-3-20-9-13(16(22)12-7-6-11(2)19-17(12)20)18(23)24-10-14(21)15-5-4-8-25-15/h4-9H,3,10H2,1-2H3. The number of aromatic nitrogens is 2. The number of pyridine rings is 2. The summed E-state index contributed by atoms with van der Waals surface area (Å²) in [4.78, 5) is 41.7. The van der Waals surface area contributed by atoms with E-state index in [0.29, 0.717) is 22.5 Å². The van der Waals surface area contributed by atoms with Crippen LogP contribution in [0.2, 0.25) is 0 Å². The molecule has 3 heterocycles. The summed E-state index contributed by atoms with van der Waals surface area (Å²) in [6.45, 7) is 3.88. The van der Waals surface area contributed by atoms with Gasteiger partial charge >= 0.3 is 5.97 Å². The predicted octanol–water partition coefficient (Wildman–Crippen LogP) is 2.83. The summed E-state index contributed by atoms with van der Waals surface area (Å²) in [7, 11) is 0. The second-order valence-corrected chi connectivity index (χ2v) is 6.41. The monoisotopic (exact) mass is 356 g/mol. The number of nitrogens with zero attached hydrogens (tertiary/aromatic N) is 2. The molecule has 0 atom stereocenters. The number of carbonyl (C=O) groups excluding carboxylic acids is 2. The number of Topliss-reactive ketones (excluding diaryl/α,β-unsaturated/α-hetero) is 1. The molecule has 3 aromatic rings. The molecule has 3 rings (SSSR count). The third-order valence-electron chi connectivity index (χ3n) is 3.75. The van der Waals surface area contributed by atoms with Crippen LogP contribution < -0.4 is 5.43 Å². The number of thiophene rings is 1. The van der Waals surface area contributed by atoms with Crippen LogP contribution in [-0.2, 0) is 11.3 Å². The van der Waals surface area contributed by atoms with Gasteiger partial charge < -0.3 is 9.30 Å². The molecule has 0 aromatic carbocycles. The van der Waals surface area contributed by atoms with Crippen molar-refractivity contribution in [2.75, 3.05) is 6.61 Å². The highest BCUT2D eigenvalue weighted by molar-refractivity contribution is 7.12. The van der Waals surface area contributed by atoms with Gasteiger partial charge in [0.1, 0.15) is 11.2 Å². The Morgan fingerprint density at radius 1 is 1.28 bits per heavy atom. The first kappa shape index (κ1) is 17.0. The van der Waals surface area contributed by atoms with Crippen molar-refractivity contribution in [2.24, 2.45) is 0 Å². The van der Waals surface area contributed by atoms with Crippen molar-refractivity contribution in [3.63, 3.8) is 0 Å². The summed E-state index contributed by atoms with van der Waals surface area (Å²) in [5.74, 6) is -1.10. The fourth-order valence-corrected chi connectivity index (χ4v) is 3.11. The molecule has 7 heteroatoms. The van der Waals surface area contributed by atoms with E-state index in [2.05, 4.69) is 4.98 Å². The molecule has 0 bridgehead atoms. The molecule has 0 saturated carbocycles. The molecule has 0 N–H and O–H groups in total. The number of ether oxygens (including phenoxy) is 1. The van der Waals surface area contributed by atoms with Crippen molar-refractivity contribution in [3.8, 4) is 0 Å².